The summed E-state index contributed by atoms with van der Waals surface area (Å²) < 4.78 is 0. The molecular formula is C16H26N2. The Hall–Kier alpha value is -0.860. The Bertz CT molecular complexity index is 317. The molecule has 1 heterocycles. The average molecular weight is 246 g/mol. The molecule has 18 heavy (non-hydrogen) atoms. The molecule has 0 bridgehead atoms. The summed E-state index contributed by atoms with van der Waals surface area (Å²) >= 11 is 0. The highest BCUT2D eigenvalue weighted by Crippen LogP contribution is 2.10. The Morgan fingerprint density at radius 2 is 2.17 bits per heavy atom. The van der Waals surface area contributed by atoms with E-state index in [1.165, 1.54) is 44.2 Å². The predicted molar refractivity (Wildman–Crippen MR) is 77.9 cm³/mol. The number of hydrogen-bond acceptors (Lipinski definition) is 2. The molecule has 2 atom stereocenters. The van der Waals surface area contributed by atoms with E-state index in [1.54, 1.807) is 0 Å². The molecule has 0 spiro atoms. The number of aryl methyl sites for hydroxylation is 1. The lowest BCUT2D eigenvalue weighted by molar-refractivity contribution is 0.438. The maximum Gasteiger partial charge on any atom is 0.00822 e. The van der Waals surface area contributed by atoms with Crippen LogP contribution < -0.4 is 10.6 Å². The van der Waals surface area contributed by atoms with Gasteiger partial charge in [0.05, 0.1) is 0 Å². The van der Waals surface area contributed by atoms with E-state index in [0.717, 1.165) is 12.6 Å². The van der Waals surface area contributed by atoms with Crippen LogP contribution in [0.3, 0.4) is 0 Å². The third-order valence-corrected chi connectivity index (χ3v) is 3.78. The first-order valence-electron chi connectivity index (χ1n) is 7.35. The molecule has 0 amide bonds. The van der Waals surface area contributed by atoms with Gasteiger partial charge in [0.2, 0.25) is 0 Å². The Labute approximate surface area is 111 Å². The monoisotopic (exact) mass is 246 g/mol. The van der Waals surface area contributed by atoms with Crippen LogP contribution in [0.5, 0.6) is 0 Å². The highest BCUT2D eigenvalue weighted by molar-refractivity contribution is 5.14. The lowest BCUT2D eigenvalue weighted by Crippen LogP contribution is -2.34. The molecule has 0 radical (unpaired) electrons. The van der Waals surface area contributed by atoms with E-state index in [1.807, 2.05) is 0 Å². The lowest BCUT2D eigenvalue weighted by Gasteiger charge is -2.18. The second kappa shape index (κ2) is 7.55. The van der Waals surface area contributed by atoms with Crippen LogP contribution >= 0.6 is 0 Å². The predicted octanol–water partition coefficient (Wildman–Crippen LogP) is 2.74. The number of hydrogen-bond donors (Lipinski definition) is 2. The minimum absolute atomic E-state index is 0.636. The van der Waals surface area contributed by atoms with Crippen molar-refractivity contribution in [3.8, 4) is 0 Å². The first-order valence-corrected chi connectivity index (χ1v) is 7.35. The summed E-state index contributed by atoms with van der Waals surface area (Å²) in [7, 11) is 0. The molecule has 2 unspecified atom stereocenters. The molecule has 1 aliphatic rings. The van der Waals surface area contributed by atoms with Gasteiger partial charge in [0.1, 0.15) is 0 Å². The maximum absolute atomic E-state index is 3.64. The van der Waals surface area contributed by atoms with Gasteiger partial charge in [0, 0.05) is 12.1 Å². The zero-order chi connectivity index (χ0) is 12.6. The van der Waals surface area contributed by atoms with Crippen molar-refractivity contribution in [2.24, 2.45) is 0 Å². The van der Waals surface area contributed by atoms with E-state index >= 15 is 0 Å². The highest BCUT2D eigenvalue weighted by Gasteiger charge is 2.16. The molecule has 1 saturated heterocycles. The first-order chi connectivity index (χ1) is 8.84. The van der Waals surface area contributed by atoms with Crippen molar-refractivity contribution in [1.82, 2.24) is 10.6 Å². The topological polar surface area (TPSA) is 24.1 Å². The molecule has 2 heteroatoms. The molecule has 0 aliphatic carbocycles. The van der Waals surface area contributed by atoms with Crippen molar-refractivity contribution in [1.29, 1.82) is 0 Å². The summed E-state index contributed by atoms with van der Waals surface area (Å²) in [5.41, 5.74) is 1.45. The molecule has 1 aromatic rings. The van der Waals surface area contributed by atoms with Crippen molar-refractivity contribution < 1.29 is 0 Å². The van der Waals surface area contributed by atoms with Crippen molar-refractivity contribution in [2.45, 2.75) is 51.1 Å². The zero-order valence-corrected chi connectivity index (χ0v) is 11.5. The van der Waals surface area contributed by atoms with Crippen molar-refractivity contribution in [2.75, 3.05) is 13.1 Å². The quantitative estimate of drug-likeness (QED) is 0.723. The summed E-state index contributed by atoms with van der Waals surface area (Å²) in [4.78, 5) is 0. The average Bonchev–Trinajstić information content (AvgIpc) is 2.89. The normalized spacial score (nSPS) is 21.1. The molecule has 1 aliphatic heterocycles. The van der Waals surface area contributed by atoms with Crippen LogP contribution in [0.1, 0.15) is 38.2 Å². The van der Waals surface area contributed by atoms with E-state index in [2.05, 4.69) is 47.9 Å². The standard InChI is InChI=1S/C16H26N2/c1-14(13-16-10-6-12-18-16)17-11-5-9-15-7-3-2-4-8-15/h2-4,7-8,14,16-18H,5-6,9-13H2,1H3. The molecule has 100 valence electrons. The Morgan fingerprint density at radius 1 is 1.33 bits per heavy atom. The lowest BCUT2D eigenvalue weighted by atomic mass is 10.1. The summed E-state index contributed by atoms with van der Waals surface area (Å²) in [5, 5.41) is 7.20. The summed E-state index contributed by atoms with van der Waals surface area (Å²) in [5.74, 6) is 0. The van der Waals surface area contributed by atoms with Gasteiger partial charge in [-0.2, -0.15) is 0 Å². The fraction of sp³-hybridized carbons (Fsp3) is 0.625. The molecular weight excluding hydrogens is 220 g/mol. The Kier molecular flexibility index (Phi) is 5.69. The second-order valence-electron chi connectivity index (χ2n) is 5.47. The van der Waals surface area contributed by atoms with E-state index in [-0.39, 0.29) is 0 Å². The van der Waals surface area contributed by atoms with Crippen LogP contribution in [0.15, 0.2) is 30.3 Å². The van der Waals surface area contributed by atoms with Gasteiger partial charge in [-0.25, -0.2) is 0 Å². The van der Waals surface area contributed by atoms with Gasteiger partial charge in [-0.1, -0.05) is 30.3 Å². The second-order valence-corrected chi connectivity index (χ2v) is 5.47. The SMILES string of the molecule is CC(CC1CCCN1)NCCCc1ccccc1. The molecule has 2 rings (SSSR count). The van der Waals surface area contributed by atoms with Gasteiger partial charge < -0.3 is 10.6 Å². The van der Waals surface area contributed by atoms with Gasteiger partial charge in [-0.15, -0.1) is 0 Å². The first kappa shape index (κ1) is 13.6. The van der Waals surface area contributed by atoms with Crippen molar-refractivity contribution >= 4 is 0 Å². The van der Waals surface area contributed by atoms with Gasteiger partial charge >= 0.3 is 0 Å². The van der Waals surface area contributed by atoms with E-state index in [0.29, 0.717) is 6.04 Å². The van der Waals surface area contributed by atoms with Crippen LogP contribution in [-0.4, -0.2) is 25.2 Å². The zero-order valence-electron chi connectivity index (χ0n) is 11.5. The van der Waals surface area contributed by atoms with Crippen LogP contribution in [-0.2, 0) is 6.42 Å². The highest BCUT2D eigenvalue weighted by atomic mass is 15.0. The van der Waals surface area contributed by atoms with Gasteiger partial charge in [0.25, 0.3) is 0 Å². The molecule has 2 nitrogen and oxygen atoms in total. The van der Waals surface area contributed by atoms with E-state index in [9.17, 15) is 0 Å². The minimum atomic E-state index is 0.636. The summed E-state index contributed by atoms with van der Waals surface area (Å²) in [6, 6.07) is 12.1. The Morgan fingerprint density at radius 3 is 2.89 bits per heavy atom. The van der Waals surface area contributed by atoms with Crippen LogP contribution in [0.25, 0.3) is 0 Å². The number of nitrogens with one attached hydrogen (secondary N) is 2. The fourth-order valence-electron chi connectivity index (χ4n) is 2.75. The Balaban J connectivity index is 1.54. The van der Waals surface area contributed by atoms with Crippen LogP contribution in [0, 0.1) is 0 Å². The molecule has 2 N–H and O–H groups in total. The van der Waals surface area contributed by atoms with E-state index in [4.69, 9.17) is 0 Å². The third-order valence-electron chi connectivity index (χ3n) is 3.78. The largest absolute Gasteiger partial charge is 0.314 e. The summed E-state index contributed by atoms with van der Waals surface area (Å²) in [6.45, 7) is 4.65. The van der Waals surface area contributed by atoms with Gasteiger partial charge in [0.15, 0.2) is 0 Å². The maximum atomic E-state index is 3.64. The fourth-order valence-corrected chi connectivity index (χ4v) is 2.75. The smallest absolute Gasteiger partial charge is 0.00822 e. The van der Waals surface area contributed by atoms with Crippen molar-refractivity contribution in [3.63, 3.8) is 0 Å². The van der Waals surface area contributed by atoms with Crippen molar-refractivity contribution in [3.05, 3.63) is 35.9 Å². The van der Waals surface area contributed by atoms with Crippen LogP contribution in [0.2, 0.25) is 0 Å². The van der Waals surface area contributed by atoms with E-state index < -0.39 is 0 Å². The van der Waals surface area contributed by atoms with Gasteiger partial charge in [-0.3, -0.25) is 0 Å². The van der Waals surface area contributed by atoms with Gasteiger partial charge in [-0.05, 0) is 57.7 Å². The molecule has 0 saturated carbocycles. The third kappa shape index (κ3) is 4.79. The molecule has 1 fully saturated rings. The minimum Gasteiger partial charge on any atom is -0.314 e. The number of rotatable bonds is 7. The summed E-state index contributed by atoms with van der Waals surface area (Å²) in [6.07, 6.45) is 6.39. The van der Waals surface area contributed by atoms with Crippen LogP contribution in [0.4, 0.5) is 0 Å². The molecule has 0 aromatic heterocycles. The molecule has 1 aromatic carbocycles. The number of benzene rings is 1.